The molecule has 10 heteroatoms. The average Bonchev–Trinajstić information content (AvgIpc) is 2.90. The van der Waals surface area contributed by atoms with Crippen molar-refractivity contribution in [2.45, 2.75) is 31.6 Å². The summed E-state index contributed by atoms with van der Waals surface area (Å²) < 4.78 is 25.1. The van der Waals surface area contributed by atoms with Crippen LogP contribution < -0.4 is 11.0 Å². The van der Waals surface area contributed by atoms with Gasteiger partial charge in [-0.1, -0.05) is 0 Å². The van der Waals surface area contributed by atoms with Gasteiger partial charge in [0, 0.05) is 5.75 Å². The molecule has 122 valence electrons. The SMILES string of the molecule is CC(C)OC(=O)Nc1nc(=O)n([C@@H]2CSC(CO)O2)cc1F. The van der Waals surface area contributed by atoms with Crippen molar-refractivity contribution in [1.82, 2.24) is 9.55 Å². The molecule has 22 heavy (non-hydrogen) atoms. The summed E-state index contributed by atoms with van der Waals surface area (Å²) in [5, 5.41) is 11.1. The maximum atomic E-state index is 14.0. The first-order valence-electron chi connectivity index (χ1n) is 6.55. The minimum absolute atomic E-state index is 0.202. The summed E-state index contributed by atoms with van der Waals surface area (Å²) in [5.41, 5.74) is -1.23. The van der Waals surface area contributed by atoms with Crippen LogP contribution in [0.25, 0.3) is 0 Å². The molecule has 1 aliphatic heterocycles. The van der Waals surface area contributed by atoms with Gasteiger partial charge >= 0.3 is 11.8 Å². The fraction of sp³-hybridized carbons (Fsp3) is 0.583. The summed E-state index contributed by atoms with van der Waals surface area (Å²) in [6.45, 7) is 3.06. The second-order valence-corrected chi connectivity index (χ2v) is 5.94. The van der Waals surface area contributed by atoms with E-state index in [1.165, 1.54) is 11.8 Å². The molecular weight excluding hydrogens is 317 g/mol. The molecule has 0 aliphatic carbocycles. The molecule has 2 heterocycles. The number of rotatable bonds is 4. The maximum absolute atomic E-state index is 14.0. The third kappa shape index (κ3) is 3.96. The van der Waals surface area contributed by atoms with Crippen LogP contribution in [-0.2, 0) is 9.47 Å². The zero-order valence-electron chi connectivity index (χ0n) is 12.0. The van der Waals surface area contributed by atoms with Crippen LogP contribution in [-0.4, -0.2) is 44.7 Å². The van der Waals surface area contributed by atoms with Gasteiger partial charge in [-0.3, -0.25) is 9.88 Å². The Morgan fingerprint density at radius 1 is 1.73 bits per heavy atom. The number of aromatic nitrogens is 2. The number of aliphatic hydroxyl groups is 1. The largest absolute Gasteiger partial charge is 0.447 e. The van der Waals surface area contributed by atoms with Crippen LogP contribution in [0.4, 0.5) is 15.0 Å². The second kappa shape index (κ2) is 7.07. The molecule has 2 atom stereocenters. The Kier molecular flexibility index (Phi) is 5.37. The summed E-state index contributed by atoms with van der Waals surface area (Å²) >= 11 is 1.31. The quantitative estimate of drug-likeness (QED) is 0.844. The molecule has 1 aromatic rings. The number of carbonyl (C=O) groups is 1. The van der Waals surface area contributed by atoms with Crippen LogP contribution in [0, 0.1) is 5.82 Å². The number of ether oxygens (including phenoxy) is 2. The molecule has 0 radical (unpaired) electrons. The van der Waals surface area contributed by atoms with E-state index in [1.807, 2.05) is 0 Å². The van der Waals surface area contributed by atoms with Crippen molar-refractivity contribution in [1.29, 1.82) is 0 Å². The fourth-order valence-electron chi connectivity index (χ4n) is 1.76. The lowest BCUT2D eigenvalue weighted by Gasteiger charge is -2.15. The molecule has 0 saturated carbocycles. The normalized spacial score (nSPS) is 21.1. The van der Waals surface area contributed by atoms with Gasteiger partial charge < -0.3 is 14.6 Å². The highest BCUT2D eigenvalue weighted by molar-refractivity contribution is 8.00. The predicted molar refractivity (Wildman–Crippen MR) is 77.1 cm³/mol. The van der Waals surface area contributed by atoms with Gasteiger partial charge in [0.25, 0.3) is 0 Å². The van der Waals surface area contributed by atoms with Crippen LogP contribution in [0.1, 0.15) is 20.1 Å². The predicted octanol–water partition coefficient (Wildman–Crippen LogP) is 0.920. The highest BCUT2D eigenvalue weighted by Crippen LogP contribution is 2.30. The maximum Gasteiger partial charge on any atom is 0.413 e. The summed E-state index contributed by atoms with van der Waals surface area (Å²) in [7, 11) is 0. The van der Waals surface area contributed by atoms with Gasteiger partial charge in [0.1, 0.15) is 11.7 Å². The smallest absolute Gasteiger partial charge is 0.413 e. The zero-order valence-corrected chi connectivity index (χ0v) is 12.8. The first-order valence-corrected chi connectivity index (χ1v) is 7.59. The highest BCUT2D eigenvalue weighted by atomic mass is 32.2. The van der Waals surface area contributed by atoms with Gasteiger partial charge in [0.2, 0.25) is 0 Å². The Balaban J connectivity index is 2.15. The van der Waals surface area contributed by atoms with E-state index in [-0.39, 0.29) is 12.7 Å². The Morgan fingerprint density at radius 2 is 2.45 bits per heavy atom. The van der Waals surface area contributed by atoms with E-state index >= 15 is 0 Å². The third-order valence-corrected chi connectivity index (χ3v) is 3.77. The zero-order chi connectivity index (χ0) is 16.3. The standard InChI is InChI=1S/C12H16FN3O5S/c1-6(2)20-12(19)15-10-7(13)3-16(11(18)14-10)8-5-22-9(4-17)21-8/h3,6,8-9,17H,4-5H2,1-2H3,(H,14,15,18,19)/t8-,9?/m0/s1. The number of amides is 1. The molecular formula is C12H16FN3O5S. The topological polar surface area (TPSA) is 103 Å². The number of hydrogen-bond donors (Lipinski definition) is 2. The number of aliphatic hydroxyl groups excluding tert-OH is 1. The van der Waals surface area contributed by atoms with Crippen LogP contribution >= 0.6 is 11.8 Å². The number of carbonyl (C=O) groups excluding carboxylic acids is 1. The number of hydrogen-bond acceptors (Lipinski definition) is 7. The molecule has 2 rings (SSSR count). The van der Waals surface area contributed by atoms with Gasteiger partial charge in [-0.15, -0.1) is 11.8 Å². The summed E-state index contributed by atoms with van der Waals surface area (Å²) in [5.74, 6) is -1.01. The van der Waals surface area contributed by atoms with E-state index in [0.29, 0.717) is 5.75 Å². The molecule has 8 nitrogen and oxygen atoms in total. The van der Waals surface area contributed by atoms with Gasteiger partial charge in [0.05, 0.1) is 18.9 Å². The average molecular weight is 333 g/mol. The molecule has 0 bridgehead atoms. The minimum atomic E-state index is -0.897. The summed E-state index contributed by atoms with van der Waals surface area (Å²) in [6, 6.07) is 0. The van der Waals surface area contributed by atoms with Crippen molar-refractivity contribution in [3.05, 3.63) is 22.5 Å². The molecule has 2 N–H and O–H groups in total. The number of nitrogens with zero attached hydrogens (tertiary/aromatic N) is 2. The van der Waals surface area contributed by atoms with E-state index < -0.39 is 35.1 Å². The van der Waals surface area contributed by atoms with E-state index in [2.05, 4.69) is 10.3 Å². The van der Waals surface area contributed by atoms with Crippen molar-refractivity contribution in [2.75, 3.05) is 17.7 Å². The van der Waals surface area contributed by atoms with E-state index in [0.717, 1.165) is 10.8 Å². The lowest BCUT2D eigenvalue weighted by atomic mass is 10.5. The molecule has 1 aromatic heterocycles. The summed E-state index contributed by atoms with van der Waals surface area (Å²) in [4.78, 5) is 26.8. The van der Waals surface area contributed by atoms with Crippen LogP contribution in [0.5, 0.6) is 0 Å². The minimum Gasteiger partial charge on any atom is -0.447 e. The molecule has 1 aliphatic rings. The molecule has 1 fully saturated rings. The number of nitrogens with one attached hydrogen (secondary N) is 1. The highest BCUT2D eigenvalue weighted by Gasteiger charge is 2.28. The Hall–Kier alpha value is -1.65. The first kappa shape index (κ1) is 16.7. The van der Waals surface area contributed by atoms with E-state index in [1.54, 1.807) is 13.8 Å². The number of anilines is 1. The lowest BCUT2D eigenvalue weighted by molar-refractivity contribution is -0.00677. The number of halogens is 1. The van der Waals surface area contributed by atoms with Crippen LogP contribution in [0.2, 0.25) is 0 Å². The molecule has 1 amide bonds. The Labute approximate surface area is 129 Å². The number of thioether (sulfide) groups is 1. The van der Waals surface area contributed by atoms with E-state index in [4.69, 9.17) is 14.6 Å². The lowest BCUT2D eigenvalue weighted by Crippen LogP contribution is -2.31. The fourth-order valence-corrected chi connectivity index (χ4v) is 2.70. The van der Waals surface area contributed by atoms with Crippen molar-refractivity contribution >= 4 is 23.7 Å². The second-order valence-electron chi connectivity index (χ2n) is 4.74. The summed E-state index contributed by atoms with van der Waals surface area (Å²) in [6.07, 6.45) is -1.09. The third-order valence-electron chi connectivity index (χ3n) is 2.66. The van der Waals surface area contributed by atoms with Gasteiger partial charge in [0.15, 0.2) is 11.6 Å². The van der Waals surface area contributed by atoms with Crippen molar-refractivity contribution in [3.8, 4) is 0 Å². The first-order chi connectivity index (χ1) is 10.4. The Morgan fingerprint density at radius 3 is 3.05 bits per heavy atom. The molecule has 0 spiro atoms. The monoisotopic (exact) mass is 333 g/mol. The van der Waals surface area contributed by atoms with Crippen molar-refractivity contribution in [2.24, 2.45) is 0 Å². The van der Waals surface area contributed by atoms with Crippen molar-refractivity contribution in [3.63, 3.8) is 0 Å². The van der Waals surface area contributed by atoms with Crippen molar-refractivity contribution < 1.29 is 23.8 Å². The van der Waals surface area contributed by atoms with E-state index in [9.17, 15) is 14.0 Å². The molecule has 1 saturated heterocycles. The van der Waals surface area contributed by atoms with Gasteiger partial charge in [-0.2, -0.15) is 4.98 Å². The Bertz CT molecular complexity index is 609. The van der Waals surface area contributed by atoms with Crippen LogP contribution in [0.15, 0.2) is 11.0 Å². The molecule has 1 unspecified atom stereocenters. The van der Waals surface area contributed by atoms with Crippen LogP contribution in [0.3, 0.4) is 0 Å². The van der Waals surface area contributed by atoms with Gasteiger partial charge in [-0.05, 0) is 13.8 Å². The molecule has 0 aromatic carbocycles. The van der Waals surface area contributed by atoms with Gasteiger partial charge in [-0.25, -0.2) is 14.0 Å².